The number of rotatable bonds is 5. The first-order valence-corrected chi connectivity index (χ1v) is 9.15. The highest BCUT2D eigenvalue weighted by atomic mass is 35.5. The first-order chi connectivity index (χ1) is 11.7. The Labute approximate surface area is 148 Å². The maximum Gasteiger partial charge on any atom is 0.151 e. The van der Waals surface area contributed by atoms with Crippen molar-refractivity contribution in [3.8, 4) is 11.5 Å². The van der Waals surface area contributed by atoms with Crippen LogP contribution in [-0.4, -0.2) is 30.8 Å². The molecule has 0 unspecified atom stereocenters. The van der Waals surface area contributed by atoms with Gasteiger partial charge in [-0.2, -0.15) is 0 Å². The van der Waals surface area contributed by atoms with Crippen molar-refractivity contribution in [1.82, 2.24) is 4.42 Å². The van der Waals surface area contributed by atoms with Gasteiger partial charge in [0.2, 0.25) is 0 Å². The van der Waals surface area contributed by atoms with E-state index < -0.39 is 7.92 Å². The third-order valence-corrected chi connectivity index (χ3v) is 6.36. The molecule has 124 valence electrons. The van der Waals surface area contributed by atoms with E-state index in [0.717, 1.165) is 27.7 Å². The lowest BCUT2D eigenvalue weighted by atomic mass is 10.3. The average molecular weight is 361 g/mol. The zero-order valence-corrected chi connectivity index (χ0v) is 15.2. The van der Waals surface area contributed by atoms with Gasteiger partial charge in [-0.25, -0.2) is 4.99 Å². The Morgan fingerprint density at radius 1 is 1.00 bits per heavy atom. The highest BCUT2D eigenvalue weighted by Gasteiger charge is 2.26. The first kappa shape index (κ1) is 16.8. The highest BCUT2D eigenvalue weighted by molar-refractivity contribution is 7.88. The number of hydrogen-bond acceptors (Lipinski definition) is 4. The number of ether oxygens (including phenoxy) is 2. The van der Waals surface area contributed by atoms with Crippen LogP contribution in [0.15, 0.2) is 65.8 Å². The van der Waals surface area contributed by atoms with E-state index in [1.807, 2.05) is 48.7 Å². The predicted octanol–water partition coefficient (Wildman–Crippen LogP) is 3.48. The van der Waals surface area contributed by atoms with Gasteiger partial charge in [-0.15, -0.1) is 0 Å². The molecule has 1 aliphatic heterocycles. The summed E-state index contributed by atoms with van der Waals surface area (Å²) in [5.41, 5.74) is 0.843. The lowest BCUT2D eigenvalue weighted by molar-refractivity contribution is 0.415. The van der Waals surface area contributed by atoms with Gasteiger partial charge in [0, 0.05) is 25.9 Å². The van der Waals surface area contributed by atoms with Gasteiger partial charge in [0.15, 0.2) is 5.58 Å². The van der Waals surface area contributed by atoms with Crippen molar-refractivity contribution < 1.29 is 9.47 Å². The topological polar surface area (TPSA) is 34.1 Å². The van der Waals surface area contributed by atoms with Gasteiger partial charge in [-0.05, 0) is 41.0 Å². The zero-order valence-electron chi connectivity index (χ0n) is 13.5. The third kappa shape index (κ3) is 3.55. The molecular formula is C18H18ClN2O2P. The van der Waals surface area contributed by atoms with Crippen molar-refractivity contribution in [2.45, 2.75) is 0 Å². The van der Waals surface area contributed by atoms with Crippen molar-refractivity contribution in [1.29, 1.82) is 0 Å². The summed E-state index contributed by atoms with van der Waals surface area (Å²) in [6, 6.07) is 16.1. The van der Waals surface area contributed by atoms with Crippen molar-refractivity contribution in [2.24, 2.45) is 4.99 Å². The van der Waals surface area contributed by atoms with Gasteiger partial charge in [0.05, 0.1) is 20.8 Å². The van der Waals surface area contributed by atoms with E-state index in [9.17, 15) is 0 Å². The molecule has 0 saturated carbocycles. The number of nitrogens with zero attached hydrogens (tertiary/aromatic N) is 2. The van der Waals surface area contributed by atoms with Crippen LogP contribution in [0.2, 0.25) is 0 Å². The van der Waals surface area contributed by atoms with E-state index >= 15 is 0 Å². The number of methoxy groups -OCH3 is 2. The number of halogens is 1. The monoisotopic (exact) mass is 360 g/mol. The van der Waals surface area contributed by atoms with Gasteiger partial charge in [0.1, 0.15) is 11.5 Å². The van der Waals surface area contributed by atoms with Crippen LogP contribution in [0.5, 0.6) is 11.5 Å². The standard InChI is InChI=1S/C18H18ClN2O2P/c1-22-14-6-3-8-16(12-14)24(18-20-10-5-11-21(18)19)17-9-4-7-15(13-17)23-2/h3-10,12-13H,11H2,1-2H3. The van der Waals surface area contributed by atoms with Crippen LogP contribution in [0.1, 0.15) is 0 Å². The van der Waals surface area contributed by atoms with Gasteiger partial charge in [-0.1, -0.05) is 24.3 Å². The van der Waals surface area contributed by atoms with Crippen molar-refractivity contribution in [3.63, 3.8) is 0 Å². The molecule has 4 nitrogen and oxygen atoms in total. The molecule has 0 N–H and O–H groups in total. The quantitative estimate of drug-likeness (QED) is 0.605. The second-order valence-corrected chi connectivity index (χ2v) is 7.61. The Morgan fingerprint density at radius 2 is 1.58 bits per heavy atom. The maximum absolute atomic E-state index is 6.43. The third-order valence-electron chi connectivity index (χ3n) is 3.60. The second kappa shape index (κ2) is 7.69. The number of hydrogen-bond donors (Lipinski definition) is 0. The fourth-order valence-electron chi connectivity index (χ4n) is 2.45. The van der Waals surface area contributed by atoms with Gasteiger partial charge >= 0.3 is 0 Å². The number of aliphatic imine (C=N–C) groups is 1. The van der Waals surface area contributed by atoms with Crippen LogP contribution < -0.4 is 20.1 Å². The molecule has 1 heterocycles. The van der Waals surface area contributed by atoms with Crippen LogP contribution in [0.25, 0.3) is 0 Å². The normalized spacial score (nSPS) is 13.8. The van der Waals surface area contributed by atoms with E-state index in [1.54, 1.807) is 18.6 Å². The maximum atomic E-state index is 6.43. The molecular weight excluding hydrogens is 343 g/mol. The summed E-state index contributed by atoms with van der Waals surface area (Å²) in [6.45, 7) is 0.632. The second-order valence-electron chi connectivity index (χ2n) is 5.10. The number of amidine groups is 1. The minimum Gasteiger partial charge on any atom is -0.497 e. The summed E-state index contributed by atoms with van der Waals surface area (Å²) in [5, 5.41) is 2.25. The molecule has 0 fully saturated rings. The summed E-state index contributed by atoms with van der Waals surface area (Å²) in [7, 11) is 2.42. The molecule has 2 aromatic carbocycles. The molecule has 24 heavy (non-hydrogen) atoms. The molecule has 0 aliphatic carbocycles. The highest BCUT2D eigenvalue weighted by Crippen LogP contribution is 2.40. The van der Waals surface area contributed by atoms with E-state index in [2.05, 4.69) is 17.1 Å². The van der Waals surface area contributed by atoms with E-state index in [4.69, 9.17) is 21.3 Å². The molecule has 0 spiro atoms. The Bertz CT molecular complexity index is 732. The SMILES string of the molecule is COc1cccc(P(C2=NC=CCN2Cl)c2cccc(OC)c2)c1. The fraction of sp³-hybridized carbons (Fsp3) is 0.167. The summed E-state index contributed by atoms with van der Waals surface area (Å²) in [4.78, 5) is 4.55. The minimum absolute atomic E-state index is 0.632. The molecule has 1 aliphatic rings. The molecule has 3 rings (SSSR count). The van der Waals surface area contributed by atoms with Crippen molar-refractivity contribution in [2.75, 3.05) is 20.8 Å². The molecule has 0 aromatic heterocycles. The molecule has 0 bridgehead atoms. The minimum atomic E-state index is -0.920. The van der Waals surface area contributed by atoms with Gasteiger partial charge < -0.3 is 9.47 Å². The van der Waals surface area contributed by atoms with Crippen molar-refractivity contribution >= 4 is 35.9 Å². The predicted molar refractivity (Wildman–Crippen MR) is 101 cm³/mol. The largest absolute Gasteiger partial charge is 0.497 e. The smallest absolute Gasteiger partial charge is 0.151 e. The molecule has 0 amide bonds. The Hall–Kier alpha value is -2.03. The summed E-state index contributed by atoms with van der Waals surface area (Å²) < 4.78 is 12.4. The lowest BCUT2D eigenvalue weighted by Gasteiger charge is -2.27. The molecule has 6 heteroatoms. The molecule has 0 saturated heterocycles. The Kier molecular flexibility index (Phi) is 5.39. The van der Waals surface area contributed by atoms with E-state index in [1.165, 1.54) is 0 Å². The summed E-state index contributed by atoms with van der Waals surface area (Å²) in [5.74, 6) is 1.63. The van der Waals surface area contributed by atoms with Gasteiger partial charge in [0.25, 0.3) is 0 Å². The lowest BCUT2D eigenvalue weighted by Crippen LogP contribution is -2.29. The van der Waals surface area contributed by atoms with Crippen LogP contribution in [0.4, 0.5) is 0 Å². The van der Waals surface area contributed by atoms with E-state index in [-0.39, 0.29) is 0 Å². The first-order valence-electron chi connectivity index (χ1n) is 7.47. The van der Waals surface area contributed by atoms with Crippen molar-refractivity contribution in [3.05, 3.63) is 60.8 Å². The van der Waals surface area contributed by atoms with Crippen LogP contribution in [0, 0.1) is 0 Å². The summed E-state index contributed by atoms with van der Waals surface area (Å²) in [6.07, 6.45) is 3.74. The Balaban J connectivity index is 2.12. The molecule has 2 aromatic rings. The average Bonchev–Trinajstić information content (AvgIpc) is 2.64. The van der Waals surface area contributed by atoms with E-state index in [0.29, 0.717) is 6.54 Å². The van der Waals surface area contributed by atoms with Crippen LogP contribution in [-0.2, 0) is 0 Å². The van der Waals surface area contributed by atoms with Crippen LogP contribution >= 0.6 is 19.7 Å². The molecule has 0 atom stereocenters. The molecule has 0 radical (unpaired) electrons. The van der Waals surface area contributed by atoms with Gasteiger partial charge in [-0.3, -0.25) is 4.42 Å². The fourth-order valence-corrected chi connectivity index (χ4v) is 5.02. The number of benzene rings is 2. The summed E-state index contributed by atoms with van der Waals surface area (Å²) >= 11 is 6.43. The van der Waals surface area contributed by atoms with Crippen LogP contribution in [0.3, 0.4) is 0 Å². The zero-order chi connectivity index (χ0) is 16.9. The Morgan fingerprint density at radius 3 is 2.08 bits per heavy atom.